The Kier molecular flexibility index (Phi) is 9.01. The summed E-state index contributed by atoms with van der Waals surface area (Å²) in [7, 11) is 0. The SMILES string of the molecule is C=CCn1c(=O)c2cnc(Nc3ccc4c(c3)CCN([C@H]3CC[C@H](N5Cc6ccc7c(C8CCC(=O)NC8=O)noc7c6C5)CC3)C4=O)nc2n1-c1ccc2c(n1)[C@](C)(O)CC2. The zero-order valence-corrected chi connectivity index (χ0v) is 34.4. The summed E-state index contributed by atoms with van der Waals surface area (Å²) >= 11 is 0. The van der Waals surface area contributed by atoms with Gasteiger partial charge in [-0.25, -0.2) is 19.3 Å². The van der Waals surface area contributed by atoms with Gasteiger partial charge in [-0.05, 0) is 105 Å². The lowest BCUT2D eigenvalue weighted by atomic mass is 9.87. The molecule has 3 N–H and O–H groups in total. The molecule has 1 saturated heterocycles. The summed E-state index contributed by atoms with van der Waals surface area (Å²) in [5, 5.41) is 22.2. The summed E-state index contributed by atoms with van der Waals surface area (Å²) in [5.74, 6) is -0.253. The molecule has 16 heteroatoms. The van der Waals surface area contributed by atoms with Gasteiger partial charge in [0.1, 0.15) is 16.7 Å². The fraction of sp³-hybridized carbons (Fsp3) is 0.391. The van der Waals surface area contributed by atoms with Gasteiger partial charge in [0, 0.05) is 66.5 Å². The number of hydrogen-bond donors (Lipinski definition) is 3. The molecule has 11 rings (SSSR count). The van der Waals surface area contributed by atoms with Gasteiger partial charge < -0.3 is 19.8 Å². The second-order valence-corrected chi connectivity index (χ2v) is 17.6. The van der Waals surface area contributed by atoms with E-state index in [0.29, 0.717) is 65.2 Å². The predicted molar refractivity (Wildman–Crippen MR) is 228 cm³/mol. The molecule has 3 amide bonds. The molecule has 2 aromatic carbocycles. The first-order chi connectivity index (χ1) is 30.0. The van der Waals surface area contributed by atoms with Gasteiger partial charge in [0.15, 0.2) is 17.0 Å². The first-order valence-corrected chi connectivity index (χ1v) is 21.6. The van der Waals surface area contributed by atoms with E-state index in [1.54, 1.807) is 17.7 Å². The number of aryl methyl sites for hydroxylation is 1. The van der Waals surface area contributed by atoms with E-state index in [1.807, 2.05) is 36.4 Å². The molecular weight excluding hydrogens is 789 g/mol. The second kappa shape index (κ2) is 14.6. The van der Waals surface area contributed by atoms with Crippen molar-refractivity contribution < 1.29 is 24.0 Å². The highest BCUT2D eigenvalue weighted by Crippen LogP contribution is 2.40. The zero-order chi connectivity index (χ0) is 42.4. The van der Waals surface area contributed by atoms with E-state index >= 15 is 0 Å². The Morgan fingerprint density at radius 2 is 1.76 bits per heavy atom. The van der Waals surface area contributed by atoms with Crippen LogP contribution in [0.3, 0.4) is 0 Å². The van der Waals surface area contributed by atoms with Crippen molar-refractivity contribution in [2.24, 2.45) is 0 Å². The molecule has 0 radical (unpaired) electrons. The number of carbonyl (C=O) groups excluding carboxylic acids is 3. The standard InChI is InChI=1S/C46H46N10O6/c1-3-19-55-44(60)34-22-47-45(51-41(34)56(55)36-14-5-25-16-18-46(2,61)40(25)49-36)48-28-6-12-31-26(21-28)17-20-54(43(31)59)30-9-7-29(8-10-30)53-23-27-4-11-32-38(52-62-39(32)35(27)24-53)33-13-15-37(57)50-42(33)58/h3-6,11-12,14,21-22,29-30,33,61H,1,7-10,13,15-20,23-24H2,2H3,(H,47,48,51)(H,50,57,58)/t29-,30-,33?,46-/m1/s1. The summed E-state index contributed by atoms with van der Waals surface area (Å²) in [6, 6.07) is 14.2. The first-order valence-electron chi connectivity index (χ1n) is 21.6. The first kappa shape index (κ1) is 38.4. The molecule has 0 bridgehead atoms. The largest absolute Gasteiger partial charge is 0.384 e. The fourth-order valence-corrected chi connectivity index (χ4v) is 10.5. The number of piperidine rings is 1. The molecule has 2 aliphatic carbocycles. The van der Waals surface area contributed by atoms with E-state index in [2.05, 4.69) is 43.2 Å². The number of nitrogens with zero attached hydrogens (tertiary/aromatic N) is 8. The number of nitrogens with one attached hydrogen (secondary N) is 2. The number of hydrogen-bond acceptors (Lipinski definition) is 12. The normalized spacial score (nSPS) is 23.7. The highest BCUT2D eigenvalue weighted by atomic mass is 16.5. The Balaban J connectivity index is 0.762. The van der Waals surface area contributed by atoms with E-state index in [4.69, 9.17) is 14.5 Å². The van der Waals surface area contributed by atoms with Crippen LogP contribution in [-0.2, 0) is 47.7 Å². The second-order valence-electron chi connectivity index (χ2n) is 17.6. The number of fused-ring (bicyclic) bond motifs is 6. The number of aromatic nitrogens is 6. The van der Waals surface area contributed by atoms with Gasteiger partial charge in [0.2, 0.25) is 17.8 Å². The van der Waals surface area contributed by atoms with Crippen molar-refractivity contribution in [3.63, 3.8) is 0 Å². The van der Waals surface area contributed by atoms with Crippen LogP contribution in [-0.4, -0.2) is 80.7 Å². The van der Waals surface area contributed by atoms with Crippen molar-refractivity contribution in [2.75, 3.05) is 11.9 Å². The van der Waals surface area contributed by atoms with Gasteiger partial charge in [-0.1, -0.05) is 23.4 Å². The average molecular weight is 835 g/mol. The molecule has 0 spiro atoms. The number of anilines is 2. The van der Waals surface area contributed by atoms with Gasteiger partial charge in [-0.15, -0.1) is 6.58 Å². The van der Waals surface area contributed by atoms with Crippen LogP contribution >= 0.6 is 0 Å². The van der Waals surface area contributed by atoms with E-state index in [9.17, 15) is 24.3 Å². The van der Waals surface area contributed by atoms with Crippen molar-refractivity contribution in [3.05, 3.63) is 111 Å². The van der Waals surface area contributed by atoms with Crippen LogP contribution in [0.15, 0.2) is 70.6 Å². The van der Waals surface area contributed by atoms with Crippen LogP contribution in [0.4, 0.5) is 11.6 Å². The van der Waals surface area contributed by atoms with Crippen molar-refractivity contribution >= 4 is 51.4 Å². The number of aliphatic hydroxyl groups is 1. The lowest BCUT2D eigenvalue weighted by Gasteiger charge is -2.41. The van der Waals surface area contributed by atoms with Crippen molar-refractivity contribution in [1.82, 2.24) is 44.6 Å². The smallest absolute Gasteiger partial charge is 0.278 e. The Morgan fingerprint density at radius 3 is 2.58 bits per heavy atom. The average Bonchev–Trinajstić information content (AvgIpc) is 4.03. The number of carbonyl (C=O) groups is 3. The maximum absolute atomic E-state index is 14.0. The van der Waals surface area contributed by atoms with Crippen LogP contribution in [0.2, 0.25) is 0 Å². The number of amides is 3. The topological polar surface area (TPSA) is 194 Å². The van der Waals surface area contributed by atoms with E-state index in [0.717, 1.165) is 85.0 Å². The van der Waals surface area contributed by atoms with Crippen molar-refractivity contribution in [1.29, 1.82) is 0 Å². The minimum absolute atomic E-state index is 0.0559. The summed E-state index contributed by atoms with van der Waals surface area (Å²) in [4.78, 5) is 70.6. The highest BCUT2D eigenvalue weighted by molar-refractivity contribution is 6.02. The zero-order valence-electron chi connectivity index (χ0n) is 34.4. The molecule has 5 aliphatic rings. The molecule has 4 aromatic heterocycles. The molecule has 62 heavy (non-hydrogen) atoms. The third kappa shape index (κ3) is 6.25. The number of rotatable bonds is 8. The summed E-state index contributed by atoms with van der Waals surface area (Å²) < 4.78 is 9.05. The van der Waals surface area contributed by atoms with Crippen LogP contribution in [0.5, 0.6) is 0 Å². The van der Waals surface area contributed by atoms with Gasteiger partial charge in [-0.2, -0.15) is 4.98 Å². The van der Waals surface area contributed by atoms with Crippen LogP contribution in [0.1, 0.15) is 102 Å². The van der Waals surface area contributed by atoms with E-state index in [1.165, 1.54) is 16.4 Å². The van der Waals surface area contributed by atoms with Crippen LogP contribution < -0.4 is 16.2 Å². The minimum atomic E-state index is -1.06. The number of benzene rings is 2. The molecule has 6 aromatic rings. The predicted octanol–water partition coefficient (Wildman–Crippen LogP) is 5.05. The Hall–Kier alpha value is -6.52. The third-order valence-corrected chi connectivity index (χ3v) is 13.8. The molecule has 16 nitrogen and oxygen atoms in total. The van der Waals surface area contributed by atoms with Gasteiger partial charge in [0.05, 0.1) is 18.2 Å². The summed E-state index contributed by atoms with van der Waals surface area (Å²) in [6.45, 7) is 8.04. The minimum Gasteiger partial charge on any atom is -0.384 e. The van der Waals surface area contributed by atoms with E-state index in [-0.39, 0.29) is 42.3 Å². The molecule has 3 aliphatic heterocycles. The third-order valence-electron chi connectivity index (χ3n) is 13.8. The summed E-state index contributed by atoms with van der Waals surface area (Å²) in [5.41, 5.74) is 6.68. The van der Waals surface area contributed by atoms with Crippen LogP contribution in [0, 0.1) is 0 Å². The maximum Gasteiger partial charge on any atom is 0.278 e. The fourth-order valence-electron chi connectivity index (χ4n) is 10.5. The highest BCUT2D eigenvalue weighted by Gasteiger charge is 2.38. The van der Waals surface area contributed by atoms with Crippen molar-refractivity contribution in [2.45, 2.75) is 108 Å². The Morgan fingerprint density at radius 1 is 0.935 bits per heavy atom. The Labute approximate surface area is 355 Å². The number of imide groups is 1. The Bertz CT molecular complexity index is 2940. The van der Waals surface area contributed by atoms with Gasteiger partial charge in [0.25, 0.3) is 11.5 Å². The quantitative estimate of drug-likeness (QED) is 0.137. The molecule has 1 saturated carbocycles. The molecule has 2 atom stereocenters. The molecule has 2 fully saturated rings. The molecular formula is C46H46N10O6. The van der Waals surface area contributed by atoms with Gasteiger partial charge >= 0.3 is 0 Å². The lowest BCUT2D eigenvalue weighted by molar-refractivity contribution is -0.134. The number of allylic oxidation sites excluding steroid dienone is 1. The number of pyridine rings is 1. The maximum atomic E-state index is 14.0. The van der Waals surface area contributed by atoms with Crippen molar-refractivity contribution in [3.8, 4) is 5.82 Å². The van der Waals surface area contributed by atoms with E-state index < -0.39 is 11.5 Å². The molecule has 7 heterocycles. The van der Waals surface area contributed by atoms with Gasteiger partial charge in [-0.3, -0.25) is 29.4 Å². The molecule has 316 valence electrons. The lowest BCUT2D eigenvalue weighted by Crippen LogP contribution is -2.48. The monoisotopic (exact) mass is 834 g/mol. The molecule has 1 unspecified atom stereocenters. The van der Waals surface area contributed by atoms with Crippen LogP contribution in [0.25, 0.3) is 27.8 Å². The summed E-state index contributed by atoms with van der Waals surface area (Å²) in [6.07, 6.45) is 9.73.